The van der Waals surface area contributed by atoms with Crippen LogP contribution in [0.2, 0.25) is 0 Å². The maximum Gasteiger partial charge on any atom is 0.193 e. The summed E-state index contributed by atoms with van der Waals surface area (Å²) in [4.78, 5) is 9.49. The summed E-state index contributed by atoms with van der Waals surface area (Å²) in [6.07, 6.45) is 10.8. The molecule has 0 aromatic heterocycles. The van der Waals surface area contributed by atoms with Gasteiger partial charge in [0.15, 0.2) is 5.96 Å². The maximum atomic E-state index is 6.22. The quantitative estimate of drug-likeness (QED) is 0.507. The highest BCUT2D eigenvalue weighted by Crippen LogP contribution is 2.26. The van der Waals surface area contributed by atoms with Crippen LogP contribution in [0.3, 0.4) is 0 Å². The molecule has 6 heteroatoms. The molecule has 3 fully saturated rings. The van der Waals surface area contributed by atoms with Crippen LogP contribution in [0.1, 0.15) is 51.4 Å². The lowest BCUT2D eigenvalue weighted by Gasteiger charge is -2.36. The van der Waals surface area contributed by atoms with E-state index in [0.29, 0.717) is 6.10 Å². The van der Waals surface area contributed by atoms with Crippen LogP contribution in [-0.4, -0.2) is 88.5 Å². The van der Waals surface area contributed by atoms with Gasteiger partial charge in [0.1, 0.15) is 0 Å². The van der Waals surface area contributed by atoms with Crippen molar-refractivity contribution >= 4 is 5.96 Å². The average Bonchev–Trinajstić information content (AvgIpc) is 3.26. The van der Waals surface area contributed by atoms with Crippen LogP contribution < -0.4 is 5.32 Å². The minimum Gasteiger partial charge on any atom is -0.383 e. The number of likely N-dealkylation sites (tertiary alicyclic amines) is 2. The number of hydrogen-bond acceptors (Lipinski definition) is 4. The van der Waals surface area contributed by atoms with Gasteiger partial charge in [0.05, 0.1) is 12.7 Å². The molecule has 1 N–H and O–H groups in total. The largest absolute Gasteiger partial charge is 0.383 e. The van der Waals surface area contributed by atoms with Crippen LogP contribution in [0.15, 0.2) is 4.99 Å². The maximum absolute atomic E-state index is 6.22. The summed E-state index contributed by atoms with van der Waals surface area (Å²) in [6.45, 7) is 8.45. The number of hydrogen-bond donors (Lipinski definition) is 1. The third kappa shape index (κ3) is 6.89. The molecular formula is C22H42N4O2. The first-order chi connectivity index (χ1) is 13.8. The predicted molar refractivity (Wildman–Crippen MR) is 115 cm³/mol. The van der Waals surface area contributed by atoms with Crippen molar-refractivity contribution in [1.29, 1.82) is 0 Å². The van der Waals surface area contributed by atoms with Crippen molar-refractivity contribution in [1.82, 2.24) is 15.1 Å². The zero-order chi connectivity index (χ0) is 19.6. The zero-order valence-electron chi connectivity index (χ0n) is 18.2. The van der Waals surface area contributed by atoms with Crippen molar-refractivity contribution in [3.8, 4) is 0 Å². The van der Waals surface area contributed by atoms with Gasteiger partial charge in [0.2, 0.25) is 0 Å². The van der Waals surface area contributed by atoms with E-state index in [2.05, 4.69) is 20.1 Å². The summed E-state index contributed by atoms with van der Waals surface area (Å²) in [5.74, 6) is 2.66. The molecule has 2 aliphatic heterocycles. The Hall–Kier alpha value is -0.850. The highest BCUT2D eigenvalue weighted by atomic mass is 16.5. The first kappa shape index (κ1) is 21.8. The molecule has 0 radical (unpaired) electrons. The van der Waals surface area contributed by atoms with Crippen LogP contribution in [0, 0.1) is 11.8 Å². The third-order valence-electron chi connectivity index (χ3n) is 6.86. The van der Waals surface area contributed by atoms with E-state index in [1.807, 2.05) is 7.05 Å². The summed E-state index contributed by atoms with van der Waals surface area (Å²) >= 11 is 0. The van der Waals surface area contributed by atoms with E-state index < -0.39 is 0 Å². The summed E-state index contributed by atoms with van der Waals surface area (Å²) in [5.41, 5.74) is 0. The van der Waals surface area contributed by atoms with Gasteiger partial charge in [-0.05, 0) is 63.5 Å². The van der Waals surface area contributed by atoms with E-state index in [0.717, 1.165) is 70.0 Å². The van der Waals surface area contributed by atoms with Gasteiger partial charge >= 0.3 is 0 Å². The molecule has 1 aliphatic carbocycles. The Morgan fingerprint density at radius 2 is 1.68 bits per heavy atom. The van der Waals surface area contributed by atoms with Crippen molar-refractivity contribution < 1.29 is 9.47 Å². The average molecular weight is 395 g/mol. The van der Waals surface area contributed by atoms with Gasteiger partial charge < -0.3 is 24.6 Å². The Kier molecular flexibility index (Phi) is 9.35. The Morgan fingerprint density at radius 3 is 2.32 bits per heavy atom. The number of nitrogens with zero attached hydrogens (tertiary/aromatic N) is 3. The number of nitrogens with one attached hydrogen (secondary N) is 1. The molecule has 0 amide bonds. The number of guanidine groups is 1. The second-order valence-electron chi connectivity index (χ2n) is 8.88. The van der Waals surface area contributed by atoms with Crippen molar-refractivity contribution in [2.45, 2.75) is 57.5 Å². The molecule has 3 rings (SSSR count). The summed E-state index contributed by atoms with van der Waals surface area (Å²) in [6, 6.07) is 0. The normalized spacial score (nSPS) is 24.2. The molecule has 2 saturated heterocycles. The van der Waals surface area contributed by atoms with E-state index in [9.17, 15) is 0 Å². The molecule has 28 heavy (non-hydrogen) atoms. The van der Waals surface area contributed by atoms with Crippen LogP contribution >= 0.6 is 0 Å². The molecule has 0 spiro atoms. The second-order valence-corrected chi connectivity index (χ2v) is 8.88. The van der Waals surface area contributed by atoms with Gasteiger partial charge in [0, 0.05) is 46.9 Å². The number of aliphatic imine (C=N–C) groups is 1. The minimum absolute atomic E-state index is 0.450. The van der Waals surface area contributed by atoms with Crippen LogP contribution in [0.25, 0.3) is 0 Å². The zero-order valence-corrected chi connectivity index (χ0v) is 18.2. The molecule has 0 aromatic carbocycles. The monoisotopic (exact) mass is 394 g/mol. The molecule has 6 nitrogen and oxygen atoms in total. The molecule has 0 atom stereocenters. The van der Waals surface area contributed by atoms with E-state index in [4.69, 9.17) is 9.47 Å². The highest BCUT2D eigenvalue weighted by molar-refractivity contribution is 5.79. The standard InChI is InChI=1S/C22H42N4O2/c1-23-22(24-17-19-7-11-25(12-8-19)15-16-27-2)26-13-9-21(10-14-26)28-18-20-5-3-4-6-20/h19-21H,3-18H2,1-2H3,(H,23,24). The Bertz CT molecular complexity index is 451. The number of ether oxygens (including phenoxy) is 2. The molecule has 0 aromatic rings. The molecule has 162 valence electrons. The molecule has 0 unspecified atom stereocenters. The Labute approximate surface area is 172 Å². The first-order valence-corrected chi connectivity index (χ1v) is 11.6. The fraction of sp³-hybridized carbons (Fsp3) is 0.955. The van der Waals surface area contributed by atoms with Gasteiger partial charge in [-0.1, -0.05) is 12.8 Å². The number of piperidine rings is 2. The highest BCUT2D eigenvalue weighted by Gasteiger charge is 2.25. The van der Waals surface area contributed by atoms with Crippen LogP contribution in [0.4, 0.5) is 0 Å². The van der Waals surface area contributed by atoms with E-state index in [1.165, 1.54) is 51.6 Å². The predicted octanol–water partition coefficient (Wildman–Crippen LogP) is 2.59. The number of rotatable bonds is 8. The van der Waals surface area contributed by atoms with Gasteiger partial charge in [-0.15, -0.1) is 0 Å². The molecular weight excluding hydrogens is 352 g/mol. The first-order valence-electron chi connectivity index (χ1n) is 11.6. The van der Waals surface area contributed by atoms with Gasteiger partial charge in [0.25, 0.3) is 0 Å². The number of methoxy groups -OCH3 is 1. The van der Waals surface area contributed by atoms with Crippen molar-refractivity contribution in [2.24, 2.45) is 16.8 Å². The molecule has 0 bridgehead atoms. The third-order valence-corrected chi connectivity index (χ3v) is 6.86. The lowest BCUT2D eigenvalue weighted by Crippen LogP contribution is -2.49. The van der Waals surface area contributed by atoms with Crippen molar-refractivity contribution in [2.75, 3.05) is 66.6 Å². The van der Waals surface area contributed by atoms with E-state index >= 15 is 0 Å². The SMILES string of the molecule is CN=C(NCC1CCN(CCOC)CC1)N1CCC(OCC2CCCC2)CC1. The Balaban J connectivity index is 1.30. The fourth-order valence-electron chi connectivity index (χ4n) is 4.89. The van der Waals surface area contributed by atoms with E-state index in [1.54, 1.807) is 7.11 Å². The van der Waals surface area contributed by atoms with Gasteiger partial charge in [-0.3, -0.25) is 4.99 Å². The Morgan fingerprint density at radius 1 is 0.964 bits per heavy atom. The smallest absolute Gasteiger partial charge is 0.193 e. The van der Waals surface area contributed by atoms with E-state index in [-0.39, 0.29) is 0 Å². The second kappa shape index (κ2) is 12.0. The van der Waals surface area contributed by atoms with Crippen molar-refractivity contribution in [3.63, 3.8) is 0 Å². The lowest BCUT2D eigenvalue weighted by molar-refractivity contribution is 0.000974. The van der Waals surface area contributed by atoms with Gasteiger partial charge in [-0.2, -0.15) is 0 Å². The van der Waals surface area contributed by atoms with Crippen LogP contribution in [0.5, 0.6) is 0 Å². The fourth-order valence-corrected chi connectivity index (χ4v) is 4.89. The van der Waals surface area contributed by atoms with Crippen LogP contribution in [-0.2, 0) is 9.47 Å². The lowest BCUT2D eigenvalue weighted by atomic mass is 9.97. The minimum atomic E-state index is 0.450. The molecule has 2 heterocycles. The summed E-state index contributed by atoms with van der Waals surface area (Å²) < 4.78 is 11.4. The van der Waals surface area contributed by atoms with Gasteiger partial charge in [-0.25, -0.2) is 0 Å². The molecule has 1 saturated carbocycles. The summed E-state index contributed by atoms with van der Waals surface area (Å²) in [7, 11) is 3.70. The topological polar surface area (TPSA) is 49.3 Å². The molecule has 3 aliphatic rings. The van der Waals surface area contributed by atoms with Crippen molar-refractivity contribution in [3.05, 3.63) is 0 Å². The summed E-state index contributed by atoms with van der Waals surface area (Å²) in [5, 5.41) is 3.65.